The predicted octanol–water partition coefficient (Wildman–Crippen LogP) is 9.16. The van der Waals surface area contributed by atoms with Crippen molar-refractivity contribution in [1.82, 2.24) is 25.3 Å². The number of benzene rings is 5. The van der Waals surface area contributed by atoms with Crippen molar-refractivity contribution in [2.75, 3.05) is 0 Å². The second-order valence-corrected chi connectivity index (χ2v) is 14.5. The Morgan fingerprint density at radius 2 is 1.56 bits per heavy atom. The number of rotatable bonds is 9. The summed E-state index contributed by atoms with van der Waals surface area (Å²) in [4.78, 5) is 48.2. The lowest BCUT2D eigenvalue weighted by Gasteiger charge is -2.36. The third-order valence-electron chi connectivity index (χ3n) is 10.9. The largest absolute Gasteiger partial charge is 0.457 e. The highest BCUT2D eigenvalue weighted by molar-refractivity contribution is 6.05. The molecular formula is C46H43N5O4. The van der Waals surface area contributed by atoms with Gasteiger partial charge in [-0.1, -0.05) is 98.6 Å². The molecule has 0 aliphatic carbocycles. The lowest BCUT2D eigenvalue weighted by Crippen LogP contribution is -2.56. The fourth-order valence-corrected chi connectivity index (χ4v) is 7.88. The van der Waals surface area contributed by atoms with E-state index in [-0.39, 0.29) is 11.8 Å². The van der Waals surface area contributed by atoms with E-state index in [2.05, 4.69) is 53.1 Å². The van der Waals surface area contributed by atoms with E-state index < -0.39 is 23.9 Å². The van der Waals surface area contributed by atoms with Gasteiger partial charge in [-0.15, -0.1) is 0 Å². The number of nitrogens with zero attached hydrogens (tertiary/aromatic N) is 2. The van der Waals surface area contributed by atoms with Crippen LogP contribution in [0.15, 0.2) is 121 Å². The molecule has 3 N–H and O–H groups in total. The summed E-state index contributed by atoms with van der Waals surface area (Å²) >= 11 is 0. The summed E-state index contributed by atoms with van der Waals surface area (Å²) in [5.41, 5.74) is 13.9. The fraction of sp³-hybridized carbons (Fsp3) is 0.196. The Bertz CT molecular complexity index is 2600. The molecule has 55 heavy (non-hydrogen) atoms. The number of hydrazine groups is 1. The molecule has 3 unspecified atom stereocenters. The molecule has 0 fully saturated rings. The maximum atomic E-state index is 14.6. The summed E-state index contributed by atoms with van der Waals surface area (Å²) in [6.45, 7) is 8.03. The zero-order valence-corrected chi connectivity index (χ0v) is 31.5. The molecule has 3 amide bonds. The predicted molar refractivity (Wildman–Crippen MR) is 216 cm³/mol. The number of carbonyl (C=O) groups is 3. The maximum Gasteiger partial charge on any atom is 0.286 e. The van der Waals surface area contributed by atoms with Crippen LogP contribution in [0.5, 0.6) is 11.5 Å². The van der Waals surface area contributed by atoms with Crippen LogP contribution in [0.4, 0.5) is 0 Å². The first kappa shape index (κ1) is 35.4. The molecule has 0 bridgehead atoms. The van der Waals surface area contributed by atoms with Gasteiger partial charge >= 0.3 is 0 Å². The average Bonchev–Trinajstić information content (AvgIpc) is 3.83. The quantitative estimate of drug-likeness (QED) is 0.129. The van der Waals surface area contributed by atoms with Crippen molar-refractivity contribution >= 4 is 39.5 Å². The van der Waals surface area contributed by atoms with Crippen molar-refractivity contribution in [2.45, 2.75) is 46.2 Å². The molecule has 7 aromatic rings. The zero-order chi connectivity index (χ0) is 38.4. The van der Waals surface area contributed by atoms with Gasteiger partial charge in [0.05, 0.1) is 11.7 Å². The van der Waals surface area contributed by atoms with Crippen LogP contribution in [0, 0.1) is 19.8 Å². The molecule has 3 heterocycles. The van der Waals surface area contributed by atoms with E-state index in [1.165, 1.54) is 0 Å². The number of amides is 3. The number of hydrogen-bond acceptors (Lipinski definition) is 4. The smallest absolute Gasteiger partial charge is 0.286 e. The monoisotopic (exact) mass is 729 g/mol. The Kier molecular flexibility index (Phi) is 9.22. The van der Waals surface area contributed by atoms with E-state index in [1.54, 1.807) is 22.6 Å². The molecule has 2 aromatic heterocycles. The van der Waals surface area contributed by atoms with Crippen LogP contribution >= 0.6 is 0 Å². The van der Waals surface area contributed by atoms with Crippen LogP contribution in [0.25, 0.3) is 33.1 Å². The lowest BCUT2D eigenvalue weighted by molar-refractivity contribution is -0.128. The number of nitrogens with one attached hydrogen (secondary N) is 3. The van der Waals surface area contributed by atoms with Crippen molar-refractivity contribution in [3.8, 4) is 22.8 Å². The van der Waals surface area contributed by atoms with Gasteiger partial charge in [0.15, 0.2) is 0 Å². The Morgan fingerprint density at radius 3 is 2.35 bits per heavy atom. The van der Waals surface area contributed by atoms with Crippen LogP contribution in [-0.2, 0) is 11.8 Å². The summed E-state index contributed by atoms with van der Waals surface area (Å²) in [7, 11) is 1.81. The summed E-state index contributed by atoms with van der Waals surface area (Å²) in [5.74, 6) is -0.0724. The first-order valence-electron chi connectivity index (χ1n) is 18.7. The van der Waals surface area contributed by atoms with Gasteiger partial charge < -0.3 is 19.2 Å². The van der Waals surface area contributed by atoms with Crippen molar-refractivity contribution in [3.05, 3.63) is 155 Å². The van der Waals surface area contributed by atoms with E-state index in [0.717, 1.165) is 61.1 Å². The zero-order valence-electron chi connectivity index (χ0n) is 31.5. The number of carbonyl (C=O) groups excluding carboxylic acids is 3. The summed E-state index contributed by atoms with van der Waals surface area (Å²) in [6.07, 6.45) is 0.619. The SMILES string of the molecule is CCC(C)C(C(=O)NNC(=O)c1cc2cc(Oc3cccc(C)c3)ccc2n1C)N1C(=O)c2ccccc2C1c1c(-c2ccc(C)cc2)[nH]c2ccccc12. The Hall–Kier alpha value is -6.61. The summed E-state index contributed by atoms with van der Waals surface area (Å²) in [5, 5.41) is 1.78. The molecule has 8 rings (SSSR count). The highest BCUT2D eigenvalue weighted by Crippen LogP contribution is 2.47. The van der Waals surface area contributed by atoms with Crippen LogP contribution in [0.1, 0.15) is 69.4 Å². The first-order valence-corrected chi connectivity index (χ1v) is 18.7. The molecule has 276 valence electrons. The van der Waals surface area contributed by atoms with Gasteiger partial charge in [0.25, 0.3) is 17.7 Å². The number of ether oxygens (including phenoxy) is 1. The Balaban J connectivity index is 1.12. The van der Waals surface area contributed by atoms with Crippen LogP contribution < -0.4 is 15.6 Å². The highest BCUT2D eigenvalue weighted by Gasteiger charge is 2.47. The van der Waals surface area contributed by atoms with Crippen molar-refractivity contribution in [1.29, 1.82) is 0 Å². The summed E-state index contributed by atoms with van der Waals surface area (Å²) in [6, 6.07) is 37.7. The molecule has 9 nitrogen and oxygen atoms in total. The third-order valence-corrected chi connectivity index (χ3v) is 10.9. The molecule has 9 heteroatoms. The third kappa shape index (κ3) is 6.41. The minimum absolute atomic E-state index is 0.232. The second kappa shape index (κ2) is 14.3. The van der Waals surface area contributed by atoms with Crippen molar-refractivity contribution < 1.29 is 19.1 Å². The Morgan fingerprint density at radius 1 is 0.818 bits per heavy atom. The van der Waals surface area contributed by atoms with Gasteiger partial charge in [0, 0.05) is 40.0 Å². The van der Waals surface area contributed by atoms with Crippen LogP contribution in [0.3, 0.4) is 0 Å². The topological polar surface area (TPSA) is 108 Å². The molecule has 0 saturated heterocycles. The normalized spacial score (nSPS) is 14.9. The average molecular weight is 730 g/mol. The highest BCUT2D eigenvalue weighted by atomic mass is 16.5. The van der Waals surface area contributed by atoms with Gasteiger partial charge in [0.1, 0.15) is 23.2 Å². The number of para-hydroxylation sites is 1. The number of H-pyrrole nitrogens is 1. The number of hydrogen-bond donors (Lipinski definition) is 3. The molecule has 0 radical (unpaired) electrons. The van der Waals surface area contributed by atoms with Crippen LogP contribution in [0.2, 0.25) is 0 Å². The van der Waals surface area contributed by atoms with Crippen molar-refractivity contribution in [2.24, 2.45) is 13.0 Å². The molecule has 0 saturated carbocycles. The minimum atomic E-state index is -0.913. The van der Waals surface area contributed by atoms with Gasteiger partial charge in [-0.25, -0.2) is 0 Å². The molecule has 3 atom stereocenters. The van der Waals surface area contributed by atoms with E-state index in [0.29, 0.717) is 23.4 Å². The van der Waals surface area contributed by atoms with Gasteiger partial charge in [-0.3, -0.25) is 25.2 Å². The van der Waals surface area contributed by atoms with Crippen LogP contribution in [-0.4, -0.2) is 38.2 Å². The number of aromatic nitrogens is 2. The second-order valence-electron chi connectivity index (χ2n) is 14.5. The molecule has 0 spiro atoms. The first-order chi connectivity index (χ1) is 26.6. The lowest BCUT2D eigenvalue weighted by atomic mass is 9.90. The molecule has 5 aromatic carbocycles. The van der Waals surface area contributed by atoms with E-state index in [1.807, 2.05) is 106 Å². The van der Waals surface area contributed by atoms with Crippen molar-refractivity contribution in [3.63, 3.8) is 0 Å². The summed E-state index contributed by atoms with van der Waals surface area (Å²) < 4.78 is 7.87. The maximum absolute atomic E-state index is 14.6. The van der Waals surface area contributed by atoms with E-state index in [4.69, 9.17) is 4.74 Å². The van der Waals surface area contributed by atoms with Gasteiger partial charge in [-0.05, 0) is 85.0 Å². The van der Waals surface area contributed by atoms with E-state index >= 15 is 0 Å². The molecule has 1 aliphatic heterocycles. The minimum Gasteiger partial charge on any atom is -0.457 e. The standard InChI is InChI=1S/C46H43N5O4/c1-6-29(4)42(45(53)49-48-44(52)39-26-31-25-33(22-23-38(31)50(39)5)55-32-13-11-12-28(3)24-32)51-43(34-14-7-8-15-35(34)46(51)54)40-36-16-9-10-17-37(36)47-41(40)30-20-18-27(2)19-21-30/h7-26,29,42-43,47H,6H2,1-5H3,(H,48,52)(H,49,53). The molecule has 1 aliphatic rings. The Labute approximate surface area is 319 Å². The number of aromatic amines is 1. The van der Waals surface area contributed by atoms with Gasteiger partial charge in [0.2, 0.25) is 0 Å². The van der Waals surface area contributed by atoms with Gasteiger partial charge in [-0.2, -0.15) is 0 Å². The van der Waals surface area contributed by atoms with E-state index in [9.17, 15) is 14.4 Å². The molecular weight excluding hydrogens is 687 g/mol. The number of aryl methyl sites for hydroxylation is 3. The fourth-order valence-electron chi connectivity index (χ4n) is 7.88. The number of fused-ring (bicyclic) bond motifs is 3.